The molecule has 0 aliphatic heterocycles. The van der Waals surface area contributed by atoms with Gasteiger partial charge in [0.15, 0.2) is 0 Å². The Labute approximate surface area is 105 Å². The highest BCUT2D eigenvalue weighted by Crippen LogP contribution is 2.31. The predicted octanol–water partition coefficient (Wildman–Crippen LogP) is 3.86. The second-order valence-corrected chi connectivity index (χ2v) is 5.69. The van der Waals surface area contributed by atoms with E-state index in [4.69, 9.17) is 5.73 Å². The Morgan fingerprint density at radius 1 is 1.18 bits per heavy atom. The van der Waals surface area contributed by atoms with Gasteiger partial charge in [0.25, 0.3) is 0 Å². The lowest BCUT2D eigenvalue weighted by molar-refractivity contribution is 0.599. The first-order chi connectivity index (χ1) is 7.99. The van der Waals surface area contributed by atoms with Crippen molar-refractivity contribution in [3.05, 3.63) is 56.5 Å². The number of thiophene rings is 1. The maximum Gasteiger partial charge on any atom is 0.128 e. The summed E-state index contributed by atoms with van der Waals surface area (Å²) in [5.41, 5.74) is 8.77. The highest BCUT2D eigenvalue weighted by Gasteiger charge is 2.17. The first kappa shape index (κ1) is 12.3. The molecule has 0 bridgehead atoms. The molecule has 0 aliphatic carbocycles. The first-order valence-electron chi connectivity index (χ1n) is 5.57. The molecule has 1 heterocycles. The average Bonchev–Trinajstić information content (AvgIpc) is 2.57. The van der Waals surface area contributed by atoms with E-state index in [1.54, 1.807) is 17.4 Å². The maximum absolute atomic E-state index is 13.8. The SMILES string of the molecule is Cc1ccc(C(N)c2sc(C)cc2C)c(F)c1. The van der Waals surface area contributed by atoms with Crippen LogP contribution in [0.1, 0.15) is 32.5 Å². The summed E-state index contributed by atoms with van der Waals surface area (Å²) in [4.78, 5) is 2.26. The molecule has 2 aromatic rings. The zero-order valence-corrected chi connectivity index (χ0v) is 11.1. The van der Waals surface area contributed by atoms with Crippen molar-refractivity contribution in [1.82, 2.24) is 0 Å². The van der Waals surface area contributed by atoms with Crippen LogP contribution in [0.25, 0.3) is 0 Å². The van der Waals surface area contributed by atoms with Crippen molar-refractivity contribution in [2.24, 2.45) is 5.73 Å². The molecule has 0 saturated heterocycles. The molecule has 1 aromatic heterocycles. The molecule has 1 aromatic carbocycles. The van der Waals surface area contributed by atoms with E-state index < -0.39 is 0 Å². The Hall–Kier alpha value is -1.19. The number of nitrogens with two attached hydrogens (primary N) is 1. The zero-order valence-electron chi connectivity index (χ0n) is 10.3. The van der Waals surface area contributed by atoms with E-state index in [0.29, 0.717) is 5.56 Å². The molecule has 3 heteroatoms. The van der Waals surface area contributed by atoms with E-state index in [2.05, 4.69) is 6.07 Å². The quantitative estimate of drug-likeness (QED) is 0.859. The van der Waals surface area contributed by atoms with Gasteiger partial charge < -0.3 is 5.73 Å². The van der Waals surface area contributed by atoms with Gasteiger partial charge in [0, 0.05) is 15.3 Å². The van der Waals surface area contributed by atoms with Crippen LogP contribution in [0.2, 0.25) is 0 Å². The minimum Gasteiger partial charge on any atom is -0.320 e. The van der Waals surface area contributed by atoms with Gasteiger partial charge >= 0.3 is 0 Å². The minimum absolute atomic E-state index is 0.219. The monoisotopic (exact) mass is 249 g/mol. The third kappa shape index (κ3) is 2.40. The molecule has 1 nitrogen and oxygen atoms in total. The molecule has 0 spiro atoms. The van der Waals surface area contributed by atoms with Gasteiger partial charge in [0.2, 0.25) is 0 Å². The summed E-state index contributed by atoms with van der Waals surface area (Å²) >= 11 is 1.64. The van der Waals surface area contributed by atoms with Gasteiger partial charge in [-0.2, -0.15) is 0 Å². The van der Waals surface area contributed by atoms with Crippen LogP contribution in [0.15, 0.2) is 24.3 Å². The van der Waals surface area contributed by atoms with Crippen LogP contribution in [-0.2, 0) is 0 Å². The van der Waals surface area contributed by atoms with Crippen LogP contribution >= 0.6 is 11.3 Å². The lowest BCUT2D eigenvalue weighted by atomic mass is 10.0. The maximum atomic E-state index is 13.8. The Morgan fingerprint density at radius 2 is 1.88 bits per heavy atom. The largest absolute Gasteiger partial charge is 0.320 e. The number of rotatable bonds is 2. The molecular formula is C14H16FNS. The average molecular weight is 249 g/mol. The van der Waals surface area contributed by atoms with Crippen molar-refractivity contribution < 1.29 is 4.39 Å². The van der Waals surface area contributed by atoms with E-state index in [1.165, 1.54) is 10.9 Å². The van der Waals surface area contributed by atoms with Gasteiger partial charge in [-0.15, -0.1) is 11.3 Å². The van der Waals surface area contributed by atoms with E-state index in [-0.39, 0.29) is 11.9 Å². The van der Waals surface area contributed by atoms with Gasteiger partial charge in [0.1, 0.15) is 5.82 Å². The van der Waals surface area contributed by atoms with Crippen molar-refractivity contribution in [2.45, 2.75) is 26.8 Å². The smallest absolute Gasteiger partial charge is 0.128 e. The van der Waals surface area contributed by atoms with Crippen molar-refractivity contribution >= 4 is 11.3 Å². The molecule has 17 heavy (non-hydrogen) atoms. The fourth-order valence-corrected chi connectivity index (χ4v) is 3.05. The Morgan fingerprint density at radius 3 is 2.41 bits per heavy atom. The van der Waals surface area contributed by atoms with Gasteiger partial charge in [-0.1, -0.05) is 12.1 Å². The van der Waals surface area contributed by atoms with Crippen LogP contribution in [0.5, 0.6) is 0 Å². The molecular weight excluding hydrogens is 233 g/mol. The van der Waals surface area contributed by atoms with Crippen molar-refractivity contribution in [3.63, 3.8) is 0 Å². The summed E-state index contributed by atoms with van der Waals surface area (Å²) in [7, 11) is 0. The van der Waals surface area contributed by atoms with E-state index in [9.17, 15) is 4.39 Å². The van der Waals surface area contributed by atoms with Crippen LogP contribution < -0.4 is 5.73 Å². The van der Waals surface area contributed by atoms with E-state index in [1.807, 2.05) is 26.8 Å². The summed E-state index contributed by atoms with van der Waals surface area (Å²) in [6.07, 6.45) is 0. The lowest BCUT2D eigenvalue weighted by Crippen LogP contribution is -2.13. The standard InChI is InChI=1S/C14H16FNS/c1-8-4-5-11(12(15)6-8)13(16)14-9(2)7-10(3)17-14/h4-7,13H,16H2,1-3H3. The third-order valence-corrected chi connectivity index (χ3v) is 4.09. The molecule has 0 aliphatic rings. The van der Waals surface area contributed by atoms with Gasteiger partial charge in [0.05, 0.1) is 6.04 Å². The van der Waals surface area contributed by atoms with Gasteiger partial charge in [-0.3, -0.25) is 0 Å². The minimum atomic E-state index is -0.366. The summed E-state index contributed by atoms with van der Waals surface area (Å²) in [6, 6.07) is 6.93. The number of halogens is 1. The van der Waals surface area contributed by atoms with Crippen molar-refractivity contribution in [3.8, 4) is 0 Å². The molecule has 0 amide bonds. The third-order valence-electron chi connectivity index (χ3n) is 2.85. The Kier molecular flexibility index (Phi) is 3.31. The van der Waals surface area contributed by atoms with E-state index >= 15 is 0 Å². The Balaban J connectivity index is 2.43. The van der Waals surface area contributed by atoms with Crippen molar-refractivity contribution in [2.75, 3.05) is 0 Å². The fraction of sp³-hybridized carbons (Fsp3) is 0.286. The first-order valence-corrected chi connectivity index (χ1v) is 6.39. The fourth-order valence-electron chi connectivity index (χ4n) is 1.99. The molecule has 0 fully saturated rings. The highest BCUT2D eigenvalue weighted by molar-refractivity contribution is 7.12. The van der Waals surface area contributed by atoms with Crippen LogP contribution in [0.3, 0.4) is 0 Å². The van der Waals surface area contributed by atoms with Crippen LogP contribution in [0, 0.1) is 26.6 Å². The number of aryl methyl sites for hydroxylation is 3. The Bertz CT molecular complexity index is 545. The molecule has 0 saturated carbocycles. The number of benzene rings is 1. The van der Waals surface area contributed by atoms with Gasteiger partial charge in [-0.25, -0.2) is 4.39 Å². The van der Waals surface area contributed by atoms with Crippen LogP contribution in [0.4, 0.5) is 4.39 Å². The molecule has 2 rings (SSSR count). The lowest BCUT2D eigenvalue weighted by Gasteiger charge is -2.13. The molecule has 2 N–H and O–H groups in total. The second kappa shape index (κ2) is 4.59. The molecule has 0 radical (unpaired) electrons. The van der Waals surface area contributed by atoms with Crippen molar-refractivity contribution in [1.29, 1.82) is 0 Å². The number of hydrogen-bond donors (Lipinski definition) is 1. The summed E-state index contributed by atoms with van der Waals surface area (Å²) in [6.45, 7) is 5.93. The predicted molar refractivity (Wildman–Crippen MR) is 71.0 cm³/mol. The molecule has 90 valence electrons. The molecule has 1 unspecified atom stereocenters. The summed E-state index contributed by atoms with van der Waals surface area (Å²) < 4.78 is 13.8. The van der Waals surface area contributed by atoms with Gasteiger partial charge in [-0.05, 0) is 44.0 Å². The topological polar surface area (TPSA) is 26.0 Å². The second-order valence-electron chi connectivity index (χ2n) is 4.41. The zero-order chi connectivity index (χ0) is 12.6. The highest BCUT2D eigenvalue weighted by atomic mass is 32.1. The normalized spacial score (nSPS) is 12.8. The van der Waals surface area contributed by atoms with Crippen LogP contribution in [-0.4, -0.2) is 0 Å². The molecule has 1 atom stereocenters. The number of hydrogen-bond acceptors (Lipinski definition) is 2. The summed E-state index contributed by atoms with van der Waals surface area (Å²) in [5.74, 6) is -0.219. The van der Waals surface area contributed by atoms with E-state index in [0.717, 1.165) is 16.0 Å². The summed E-state index contributed by atoms with van der Waals surface area (Å²) in [5, 5.41) is 0.